The van der Waals surface area contributed by atoms with Crippen molar-refractivity contribution in [2.24, 2.45) is 5.92 Å². The van der Waals surface area contributed by atoms with Gasteiger partial charge in [0.1, 0.15) is 0 Å². The lowest BCUT2D eigenvalue weighted by Crippen LogP contribution is -2.36. The highest BCUT2D eigenvalue weighted by Crippen LogP contribution is 2.14. The number of hydrogen-bond donors (Lipinski definition) is 2. The molecule has 0 saturated carbocycles. The number of hydrogen-bond acceptors (Lipinski definition) is 3. The van der Waals surface area contributed by atoms with Gasteiger partial charge in [-0.15, -0.1) is 0 Å². The monoisotopic (exact) mass is 199 g/mol. The SMILES string of the molecule is CCNC(=O)CN1CCC(CNC)C1. The van der Waals surface area contributed by atoms with E-state index in [1.807, 2.05) is 14.0 Å². The smallest absolute Gasteiger partial charge is 0.234 e. The molecule has 1 atom stereocenters. The van der Waals surface area contributed by atoms with Gasteiger partial charge in [-0.25, -0.2) is 0 Å². The Bertz CT molecular complexity index is 184. The molecule has 0 spiro atoms. The fraction of sp³-hybridized carbons (Fsp3) is 0.900. The number of amides is 1. The van der Waals surface area contributed by atoms with Gasteiger partial charge in [0, 0.05) is 13.1 Å². The Balaban J connectivity index is 2.18. The summed E-state index contributed by atoms with van der Waals surface area (Å²) in [5.74, 6) is 0.868. The number of carbonyl (C=O) groups is 1. The number of rotatable bonds is 5. The lowest BCUT2D eigenvalue weighted by Gasteiger charge is -2.15. The summed E-state index contributed by atoms with van der Waals surface area (Å²) in [5, 5.41) is 6.00. The van der Waals surface area contributed by atoms with Crippen molar-refractivity contribution in [3.63, 3.8) is 0 Å². The normalized spacial score (nSPS) is 22.6. The van der Waals surface area contributed by atoms with Crippen molar-refractivity contribution in [3.8, 4) is 0 Å². The lowest BCUT2D eigenvalue weighted by atomic mass is 10.1. The molecule has 0 radical (unpaired) electrons. The number of carbonyl (C=O) groups excluding carboxylic acids is 1. The standard InChI is InChI=1S/C10H21N3O/c1-3-12-10(14)8-13-5-4-9(7-13)6-11-2/h9,11H,3-8H2,1-2H3,(H,12,14). The van der Waals surface area contributed by atoms with Crippen molar-refractivity contribution < 1.29 is 4.79 Å². The Morgan fingerprint density at radius 2 is 2.36 bits per heavy atom. The van der Waals surface area contributed by atoms with Gasteiger partial charge in [0.2, 0.25) is 5.91 Å². The molecule has 2 N–H and O–H groups in total. The Labute approximate surface area is 86.0 Å². The van der Waals surface area contributed by atoms with E-state index in [9.17, 15) is 4.79 Å². The highest BCUT2D eigenvalue weighted by molar-refractivity contribution is 5.77. The Morgan fingerprint density at radius 3 is 3.00 bits per heavy atom. The predicted molar refractivity (Wildman–Crippen MR) is 57.2 cm³/mol. The Hall–Kier alpha value is -0.610. The average molecular weight is 199 g/mol. The largest absolute Gasteiger partial charge is 0.355 e. The second-order valence-electron chi connectivity index (χ2n) is 3.90. The molecule has 1 fully saturated rings. The minimum absolute atomic E-state index is 0.151. The van der Waals surface area contributed by atoms with Crippen molar-refractivity contribution in [3.05, 3.63) is 0 Å². The Kier molecular flexibility index (Phi) is 4.90. The quantitative estimate of drug-likeness (QED) is 0.637. The van der Waals surface area contributed by atoms with Gasteiger partial charge >= 0.3 is 0 Å². The molecule has 1 aliphatic heterocycles. The van der Waals surface area contributed by atoms with Gasteiger partial charge in [0.15, 0.2) is 0 Å². The van der Waals surface area contributed by atoms with E-state index in [4.69, 9.17) is 0 Å². The van der Waals surface area contributed by atoms with Crippen molar-refractivity contribution >= 4 is 5.91 Å². The molecule has 1 saturated heterocycles. The molecule has 82 valence electrons. The fourth-order valence-electron chi connectivity index (χ4n) is 1.97. The van der Waals surface area contributed by atoms with Crippen LogP contribution in [0.5, 0.6) is 0 Å². The zero-order valence-corrected chi connectivity index (χ0v) is 9.18. The van der Waals surface area contributed by atoms with E-state index in [0.29, 0.717) is 6.54 Å². The van der Waals surface area contributed by atoms with Crippen molar-refractivity contribution in [1.29, 1.82) is 0 Å². The molecular formula is C10H21N3O. The van der Waals surface area contributed by atoms with Crippen LogP contribution >= 0.6 is 0 Å². The van der Waals surface area contributed by atoms with E-state index < -0.39 is 0 Å². The predicted octanol–water partition coefficient (Wildman–Crippen LogP) is -0.336. The van der Waals surface area contributed by atoms with E-state index in [-0.39, 0.29) is 5.91 Å². The average Bonchev–Trinajstić information content (AvgIpc) is 2.53. The maximum absolute atomic E-state index is 11.3. The van der Waals surface area contributed by atoms with Crippen LogP contribution in [0.4, 0.5) is 0 Å². The fourth-order valence-corrected chi connectivity index (χ4v) is 1.97. The summed E-state index contributed by atoms with van der Waals surface area (Å²) in [7, 11) is 1.98. The van der Waals surface area contributed by atoms with Crippen molar-refractivity contribution in [1.82, 2.24) is 15.5 Å². The molecule has 4 heteroatoms. The van der Waals surface area contributed by atoms with Crippen LogP contribution < -0.4 is 10.6 Å². The first kappa shape index (κ1) is 11.5. The molecule has 4 nitrogen and oxygen atoms in total. The summed E-state index contributed by atoms with van der Waals surface area (Å²) < 4.78 is 0. The van der Waals surface area contributed by atoms with Crippen LogP contribution in [0.15, 0.2) is 0 Å². The van der Waals surface area contributed by atoms with Gasteiger partial charge in [-0.1, -0.05) is 0 Å². The summed E-state index contributed by atoms with van der Waals surface area (Å²) in [4.78, 5) is 13.5. The van der Waals surface area contributed by atoms with Crippen LogP contribution in [0, 0.1) is 5.92 Å². The Morgan fingerprint density at radius 1 is 1.57 bits per heavy atom. The molecule has 1 rings (SSSR count). The molecule has 0 bridgehead atoms. The van der Waals surface area contributed by atoms with E-state index in [2.05, 4.69) is 15.5 Å². The first-order chi connectivity index (χ1) is 6.76. The van der Waals surface area contributed by atoms with Gasteiger partial charge in [-0.05, 0) is 39.4 Å². The van der Waals surface area contributed by atoms with Crippen LogP contribution in [0.1, 0.15) is 13.3 Å². The molecule has 0 aliphatic carbocycles. The molecule has 0 aromatic heterocycles. The maximum atomic E-state index is 11.3. The van der Waals surface area contributed by atoms with Crippen LogP contribution in [0.2, 0.25) is 0 Å². The van der Waals surface area contributed by atoms with Gasteiger partial charge in [-0.3, -0.25) is 9.69 Å². The minimum Gasteiger partial charge on any atom is -0.355 e. The number of nitrogens with one attached hydrogen (secondary N) is 2. The molecular weight excluding hydrogens is 178 g/mol. The zero-order valence-electron chi connectivity index (χ0n) is 9.18. The van der Waals surface area contributed by atoms with Crippen LogP contribution in [0.25, 0.3) is 0 Å². The molecule has 1 heterocycles. The third-order valence-electron chi connectivity index (χ3n) is 2.60. The lowest BCUT2D eigenvalue weighted by molar-refractivity contribution is -0.121. The highest BCUT2D eigenvalue weighted by Gasteiger charge is 2.22. The maximum Gasteiger partial charge on any atom is 0.234 e. The van der Waals surface area contributed by atoms with Crippen LogP contribution in [0.3, 0.4) is 0 Å². The van der Waals surface area contributed by atoms with Gasteiger partial charge in [0.25, 0.3) is 0 Å². The van der Waals surface area contributed by atoms with Gasteiger partial charge in [0.05, 0.1) is 6.54 Å². The van der Waals surface area contributed by atoms with Crippen LogP contribution in [-0.4, -0.2) is 50.6 Å². The van der Waals surface area contributed by atoms with Crippen molar-refractivity contribution in [2.45, 2.75) is 13.3 Å². The minimum atomic E-state index is 0.151. The van der Waals surface area contributed by atoms with E-state index in [1.165, 1.54) is 6.42 Å². The number of likely N-dealkylation sites (tertiary alicyclic amines) is 1. The molecule has 0 aromatic rings. The summed E-state index contributed by atoms with van der Waals surface area (Å²) in [6.07, 6.45) is 1.21. The van der Waals surface area contributed by atoms with Gasteiger partial charge < -0.3 is 10.6 Å². The molecule has 1 amide bonds. The summed E-state index contributed by atoms with van der Waals surface area (Å²) in [6, 6.07) is 0. The molecule has 14 heavy (non-hydrogen) atoms. The first-order valence-electron chi connectivity index (χ1n) is 5.40. The third-order valence-corrected chi connectivity index (χ3v) is 2.60. The third kappa shape index (κ3) is 3.64. The summed E-state index contributed by atoms with van der Waals surface area (Å²) in [6.45, 7) is 6.42. The van der Waals surface area contributed by atoms with Crippen LogP contribution in [-0.2, 0) is 4.79 Å². The summed E-state index contributed by atoms with van der Waals surface area (Å²) >= 11 is 0. The zero-order chi connectivity index (χ0) is 10.4. The number of nitrogens with zero attached hydrogens (tertiary/aromatic N) is 1. The highest BCUT2D eigenvalue weighted by atomic mass is 16.2. The summed E-state index contributed by atoms with van der Waals surface area (Å²) in [5.41, 5.74) is 0. The molecule has 0 aromatic carbocycles. The topological polar surface area (TPSA) is 44.4 Å². The van der Waals surface area contributed by atoms with Gasteiger partial charge in [-0.2, -0.15) is 0 Å². The number of likely N-dealkylation sites (N-methyl/N-ethyl adjacent to an activating group) is 1. The molecule has 1 aliphatic rings. The second-order valence-corrected chi connectivity index (χ2v) is 3.90. The second kappa shape index (κ2) is 5.98. The van der Waals surface area contributed by atoms with Crippen molar-refractivity contribution in [2.75, 3.05) is 39.8 Å². The van der Waals surface area contributed by atoms with E-state index in [0.717, 1.165) is 32.1 Å². The first-order valence-corrected chi connectivity index (χ1v) is 5.40. The molecule has 1 unspecified atom stereocenters. The van der Waals surface area contributed by atoms with E-state index >= 15 is 0 Å². The van der Waals surface area contributed by atoms with E-state index in [1.54, 1.807) is 0 Å².